The van der Waals surface area contributed by atoms with Gasteiger partial charge in [0.2, 0.25) is 0 Å². The first-order valence-corrected chi connectivity index (χ1v) is 7.19. The van der Waals surface area contributed by atoms with Crippen molar-refractivity contribution in [1.82, 2.24) is 0 Å². The third-order valence-electron chi connectivity index (χ3n) is 4.02. The van der Waals surface area contributed by atoms with Crippen molar-refractivity contribution in [2.45, 2.75) is 32.0 Å². The summed E-state index contributed by atoms with van der Waals surface area (Å²) >= 11 is 0. The van der Waals surface area contributed by atoms with Crippen LogP contribution in [0.5, 0.6) is 5.75 Å². The summed E-state index contributed by atoms with van der Waals surface area (Å²) in [4.78, 5) is 0. The summed E-state index contributed by atoms with van der Waals surface area (Å²) in [6, 6.07) is 18.5. The summed E-state index contributed by atoms with van der Waals surface area (Å²) in [5, 5.41) is 9.56. The van der Waals surface area contributed by atoms with E-state index >= 15 is 0 Å². The van der Waals surface area contributed by atoms with Crippen LogP contribution in [-0.2, 0) is 6.61 Å². The molecular formula is C18H20O2. The molecule has 0 heterocycles. The highest BCUT2D eigenvalue weighted by Gasteiger charge is 2.41. The van der Waals surface area contributed by atoms with Crippen LogP contribution in [0.25, 0.3) is 0 Å². The predicted octanol–water partition coefficient (Wildman–Crippen LogP) is 3.75. The molecule has 0 spiro atoms. The van der Waals surface area contributed by atoms with E-state index in [2.05, 4.69) is 24.3 Å². The molecule has 1 N–H and O–H groups in total. The second-order valence-corrected chi connectivity index (χ2v) is 5.59. The maximum atomic E-state index is 9.56. The van der Waals surface area contributed by atoms with Gasteiger partial charge in [0.05, 0.1) is 6.10 Å². The molecule has 20 heavy (non-hydrogen) atoms. The SMILES string of the molecule is C[C@@H](O)[C@@H]1C[C@@H]1c1ccc(OCc2ccccc2)cc1. The minimum Gasteiger partial charge on any atom is -0.489 e. The Labute approximate surface area is 120 Å². The highest BCUT2D eigenvalue weighted by Crippen LogP contribution is 2.49. The van der Waals surface area contributed by atoms with Crippen LogP contribution in [0.2, 0.25) is 0 Å². The Morgan fingerprint density at radius 1 is 1.10 bits per heavy atom. The molecule has 3 atom stereocenters. The highest BCUT2D eigenvalue weighted by molar-refractivity contribution is 5.33. The fourth-order valence-electron chi connectivity index (χ4n) is 2.68. The molecule has 0 aromatic heterocycles. The lowest BCUT2D eigenvalue weighted by Gasteiger charge is -2.08. The molecule has 2 aromatic rings. The molecule has 0 radical (unpaired) electrons. The van der Waals surface area contributed by atoms with Crippen LogP contribution in [0.3, 0.4) is 0 Å². The van der Waals surface area contributed by atoms with Crippen LogP contribution < -0.4 is 4.74 Å². The third kappa shape index (κ3) is 3.02. The lowest BCUT2D eigenvalue weighted by atomic mass is 10.1. The maximum absolute atomic E-state index is 9.56. The van der Waals surface area contributed by atoms with Crippen molar-refractivity contribution in [1.29, 1.82) is 0 Å². The molecule has 0 amide bonds. The monoisotopic (exact) mass is 268 g/mol. The normalized spacial score (nSPS) is 22.3. The van der Waals surface area contributed by atoms with Crippen molar-refractivity contribution in [3.63, 3.8) is 0 Å². The van der Waals surface area contributed by atoms with Gasteiger partial charge in [-0.3, -0.25) is 0 Å². The van der Waals surface area contributed by atoms with Crippen LogP contribution in [0.4, 0.5) is 0 Å². The van der Waals surface area contributed by atoms with Gasteiger partial charge in [-0.05, 0) is 48.4 Å². The second-order valence-electron chi connectivity index (χ2n) is 5.59. The van der Waals surface area contributed by atoms with Gasteiger partial charge in [-0.2, -0.15) is 0 Å². The summed E-state index contributed by atoms with van der Waals surface area (Å²) in [5.41, 5.74) is 2.48. The van der Waals surface area contributed by atoms with Gasteiger partial charge in [0.25, 0.3) is 0 Å². The Hall–Kier alpha value is -1.80. The third-order valence-corrected chi connectivity index (χ3v) is 4.02. The number of aliphatic hydroxyl groups is 1. The van der Waals surface area contributed by atoms with E-state index in [-0.39, 0.29) is 6.10 Å². The van der Waals surface area contributed by atoms with Crippen LogP contribution in [0.1, 0.15) is 30.4 Å². The number of benzene rings is 2. The standard InChI is InChI=1S/C18H20O2/c1-13(19)17-11-18(17)15-7-9-16(10-8-15)20-12-14-5-3-2-4-6-14/h2-10,13,17-19H,11-12H2,1H3/t13-,17+,18-/m1/s1. The molecular weight excluding hydrogens is 248 g/mol. The van der Waals surface area contributed by atoms with Crippen molar-refractivity contribution in [3.8, 4) is 5.75 Å². The molecule has 1 saturated carbocycles. The quantitative estimate of drug-likeness (QED) is 0.895. The van der Waals surface area contributed by atoms with Crippen LogP contribution in [-0.4, -0.2) is 11.2 Å². The Bertz CT molecular complexity index is 545. The maximum Gasteiger partial charge on any atom is 0.119 e. The van der Waals surface area contributed by atoms with E-state index in [1.54, 1.807) is 0 Å². The fraction of sp³-hybridized carbons (Fsp3) is 0.333. The van der Waals surface area contributed by atoms with Crippen molar-refractivity contribution in [3.05, 3.63) is 65.7 Å². The molecule has 0 unspecified atom stereocenters. The molecule has 3 rings (SSSR count). The smallest absolute Gasteiger partial charge is 0.119 e. The molecule has 1 fully saturated rings. The van der Waals surface area contributed by atoms with Gasteiger partial charge in [-0.15, -0.1) is 0 Å². The lowest BCUT2D eigenvalue weighted by molar-refractivity contribution is 0.169. The Morgan fingerprint density at radius 2 is 1.80 bits per heavy atom. The first-order valence-electron chi connectivity index (χ1n) is 7.19. The number of rotatable bonds is 5. The van der Waals surface area contributed by atoms with Crippen molar-refractivity contribution >= 4 is 0 Å². The molecule has 2 aromatic carbocycles. The van der Waals surface area contributed by atoms with Crippen LogP contribution >= 0.6 is 0 Å². The van der Waals surface area contributed by atoms with E-state index in [4.69, 9.17) is 4.74 Å². The minimum absolute atomic E-state index is 0.200. The van der Waals surface area contributed by atoms with E-state index in [9.17, 15) is 5.11 Å². The molecule has 0 bridgehead atoms. The van der Waals surface area contributed by atoms with E-state index in [1.807, 2.05) is 37.3 Å². The van der Waals surface area contributed by atoms with Gasteiger partial charge < -0.3 is 9.84 Å². The highest BCUT2D eigenvalue weighted by atomic mass is 16.5. The van der Waals surface area contributed by atoms with Gasteiger partial charge in [0, 0.05) is 0 Å². The Kier molecular flexibility index (Phi) is 3.75. The van der Waals surface area contributed by atoms with E-state index in [0.29, 0.717) is 18.4 Å². The molecule has 2 heteroatoms. The summed E-state index contributed by atoms with van der Waals surface area (Å²) < 4.78 is 5.77. The van der Waals surface area contributed by atoms with Gasteiger partial charge in [0.1, 0.15) is 12.4 Å². The average Bonchev–Trinajstić information content (AvgIpc) is 3.27. The minimum atomic E-state index is -0.200. The zero-order valence-electron chi connectivity index (χ0n) is 11.7. The number of ether oxygens (including phenoxy) is 1. The number of hydrogen-bond acceptors (Lipinski definition) is 2. The fourth-order valence-corrected chi connectivity index (χ4v) is 2.68. The zero-order valence-corrected chi connectivity index (χ0v) is 11.7. The molecule has 1 aliphatic carbocycles. The first-order chi connectivity index (χ1) is 9.74. The number of hydrogen-bond donors (Lipinski definition) is 1. The topological polar surface area (TPSA) is 29.5 Å². The predicted molar refractivity (Wildman–Crippen MR) is 79.7 cm³/mol. The van der Waals surface area contributed by atoms with Crippen LogP contribution in [0.15, 0.2) is 54.6 Å². The summed E-state index contributed by atoms with van der Waals surface area (Å²) in [6.45, 7) is 2.47. The molecule has 0 aliphatic heterocycles. The van der Waals surface area contributed by atoms with Crippen molar-refractivity contribution in [2.75, 3.05) is 0 Å². The van der Waals surface area contributed by atoms with Gasteiger partial charge in [-0.1, -0.05) is 42.5 Å². The van der Waals surface area contributed by atoms with E-state index < -0.39 is 0 Å². The van der Waals surface area contributed by atoms with Gasteiger partial charge >= 0.3 is 0 Å². The van der Waals surface area contributed by atoms with Gasteiger partial charge in [-0.25, -0.2) is 0 Å². The lowest BCUT2D eigenvalue weighted by Crippen LogP contribution is -2.03. The molecule has 1 aliphatic rings. The van der Waals surface area contributed by atoms with Crippen molar-refractivity contribution in [2.24, 2.45) is 5.92 Å². The average molecular weight is 268 g/mol. The Balaban J connectivity index is 1.57. The van der Waals surface area contributed by atoms with E-state index in [1.165, 1.54) is 11.1 Å². The summed E-state index contributed by atoms with van der Waals surface area (Å²) in [5.74, 6) is 1.86. The molecule has 0 saturated heterocycles. The summed E-state index contributed by atoms with van der Waals surface area (Å²) in [6.07, 6.45) is 0.899. The van der Waals surface area contributed by atoms with Gasteiger partial charge in [0.15, 0.2) is 0 Å². The molecule has 104 valence electrons. The largest absolute Gasteiger partial charge is 0.489 e. The Morgan fingerprint density at radius 3 is 2.40 bits per heavy atom. The number of aliphatic hydroxyl groups excluding tert-OH is 1. The second kappa shape index (κ2) is 5.68. The first kappa shape index (κ1) is 13.2. The zero-order chi connectivity index (χ0) is 13.9. The van der Waals surface area contributed by atoms with Crippen LogP contribution in [0, 0.1) is 5.92 Å². The summed E-state index contributed by atoms with van der Waals surface area (Å²) in [7, 11) is 0. The molecule has 2 nitrogen and oxygen atoms in total. The van der Waals surface area contributed by atoms with Crippen molar-refractivity contribution < 1.29 is 9.84 Å². The van der Waals surface area contributed by atoms with E-state index in [0.717, 1.165) is 12.2 Å².